The molecule has 2 rings (SSSR count). The van der Waals surface area contributed by atoms with E-state index < -0.39 is 5.60 Å². The lowest BCUT2D eigenvalue weighted by molar-refractivity contribution is 0.0288. The molecular formula is C14H20ClN3O2. The first-order valence-corrected chi connectivity index (χ1v) is 7.16. The van der Waals surface area contributed by atoms with Crippen LogP contribution in [-0.2, 0) is 11.2 Å². The molecule has 1 aromatic heterocycles. The third-order valence-corrected chi connectivity index (χ3v) is 3.46. The van der Waals surface area contributed by atoms with Gasteiger partial charge in [0.15, 0.2) is 0 Å². The van der Waals surface area contributed by atoms with E-state index in [4.69, 9.17) is 16.3 Å². The average Bonchev–Trinajstić information content (AvgIpc) is 2.79. The number of carbonyl (C=O) groups excluding carboxylic acids is 1. The van der Waals surface area contributed by atoms with Crippen molar-refractivity contribution in [3.8, 4) is 0 Å². The van der Waals surface area contributed by atoms with E-state index >= 15 is 0 Å². The van der Waals surface area contributed by atoms with E-state index in [0.29, 0.717) is 17.6 Å². The van der Waals surface area contributed by atoms with Gasteiger partial charge >= 0.3 is 6.09 Å². The summed E-state index contributed by atoms with van der Waals surface area (Å²) in [6, 6.07) is 0. The Balaban J connectivity index is 1.90. The molecule has 0 aromatic carbocycles. The number of rotatable bonds is 2. The lowest BCUT2D eigenvalue weighted by Gasteiger charge is -2.24. The van der Waals surface area contributed by atoms with E-state index in [2.05, 4.69) is 9.97 Å². The molecule has 6 heteroatoms. The van der Waals surface area contributed by atoms with Gasteiger partial charge in [0.2, 0.25) is 0 Å². The maximum Gasteiger partial charge on any atom is 0.410 e. The molecule has 0 aliphatic carbocycles. The van der Waals surface area contributed by atoms with Gasteiger partial charge in [-0.15, -0.1) is 0 Å². The van der Waals surface area contributed by atoms with E-state index in [-0.39, 0.29) is 6.09 Å². The summed E-state index contributed by atoms with van der Waals surface area (Å²) >= 11 is 6.01. The molecule has 1 aliphatic heterocycles. The molecule has 1 aliphatic rings. The number of hydrogen-bond acceptors (Lipinski definition) is 4. The highest BCUT2D eigenvalue weighted by atomic mass is 35.5. The minimum atomic E-state index is -0.455. The molecule has 110 valence electrons. The van der Waals surface area contributed by atoms with Crippen LogP contribution in [-0.4, -0.2) is 39.7 Å². The first-order chi connectivity index (χ1) is 9.35. The normalized spacial score (nSPS) is 19.2. The molecule has 0 N–H and O–H groups in total. The first kappa shape index (κ1) is 15.0. The molecule has 2 heterocycles. The van der Waals surface area contributed by atoms with Gasteiger partial charge in [-0.1, -0.05) is 11.6 Å². The van der Waals surface area contributed by atoms with Gasteiger partial charge in [0.25, 0.3) is 0 Å². The fourth-order valence-corrected chi connectivity index (χ4v) is 2.43. The van der Waals surface area contributed by atoms with Gasteiger partial charge in [-0.25, -0.2) is 9.78 Å². The number of hydrogen-bond donors (Lipinski definition) is 0. The quantitative estimate of drug-likeness (QED) is 0.842. The van der Waals surface area contributed by atoms with Crippen LogP contribution >= 0.6 is 11.6 Å². The number of ether oxygens (including phenoxy) is 1. The Bertz CT molecular complexity index is 488. The Hall–Kier alpha value is -1.36. The minimum absolute atomic E-state index is 0.245. The molecule has 20 heavy (non-hydrogen) atoms. The molecule has 1 fully saturated rings. The molecule has 1 saturated heterocycles. The Morgan fingerprint density at radius 3 is 2.80 bits per heavy atom. The molecule has 0 bridgehead atoms. The van der Waals surface area contributed by atoms with Crippen LogP contribution in [0.5, 0.6) is 0 Å². The van der Waals surface area contributed by atoms with Crippen molar-refractivity contribution in [1.82, 2.24) is 14.9 Å². The molecule has 1 aromatic rings. The summed E-state index contributed by atoms with van der Waals surface area (Å²) in [5.41, 5.74) is 0.342. The third kappa shape index (κ3) is 4.07. The van der Waals surface area contributed by atoms with Crippen LogP contribution < -0.4 is 0 Å². The molecule has 1 amide bonds. The average molecular weight is 298 g/mol. The number of halogens is 1. The van der Waals surface area contributed by atoms with Crippen LogP contribution in [0.3, 0.4) is 0 Å². The van der Waals surface area contributed by atoms with Crippen molar-refractivity contribution in [3.05, 3.63) is 23.2 Å². The van der Waals surface area contributed by atoms with Crippen molar-refractivity contribution in [3.63, 3.8) is 0 Å². The number of aromatic nitrogens is 2. The summed E-state index contributed by atoms with van der Waals surface area (Å²) < 4.78 is 5.38. The highest BCUT2D eigenvalue weighted by Gasteiger charge is 2.30. The Kier molecular flexibility index (Phi) is 4.48. The molecule has 0 spiro atoms. The summed E-state index contributed by atoms with van der Waals surface area (Å²) in [7, 11) is 0. The highest BCUT2D eigenvalue weighted by Crippen LogP contribution is 2.24. The van der Waals surface area contributed by atoms with Crippen molar-refractivity contribution in [2.24, 2.45) is 5.92 Å². The number of likely N-dealkylation sites (tertiary alicyclic amines) is 1. The molecule has 0 saturated carbocycles. The summed E-state index contributed by atoms with van der Waals surface area (Å²) in [5, 5.41) is 0.447. The summed E-state index contributed by atoms with van der Waals surface area (Å²) in [5.74, 6) is 0.358. The van der Waals surface area contributed by atoms with Crippen molar-refractivity contribution in [2.45, 2.75) is 39.2 Å². The SMILES string of the molecule is CC(C)(C)OC(=O)N1CC[C@@H](Cc2nccnc2Cl)C1. The zero-order valence-electron chi connectivity index (χ0n) is 12.1. The zero-order chi connectivity index (χ0) is 14.8. The van der Waals surface area contributed by atoms with Gasteiger partial charge in [-0.05, 0) is 39.5 Å². The largest absolute Gasteiger partial charge is 0.444 e. The number of amides is 1. The van der Waals surface area contributed by atoms with Gasteiger partial charge in [-0.3, -0.25) is 4.98 Å². The van der Waals surface area contributed by atoms with Gasteiger partial charge in [0.1, 0.15) is 10.8 Å². The minimum Gasteiger partial charge on any atom is -0.444 e. The van der Waals surface area contributed by atoms with E-state index in [9.17, 15) is 4.79 Å². The van der Waals surface area contributed by atoms with Gasteiger partial charge in [-0.2, -0.15) is 0 Å². The molecule has 0 unspecified atom stereocenters. The summed E-state index contributed by atoms with van der Waals surface area (Å²) in [6.07, 6.45) is 4.65. The van der Waals surface area contributed by atoms with Gasteiger partial charge in [0.05, 0.1) is 5.69 Å². The molecule has 1 atom stereocenters. The smallest absolute Gasteiger partial charge is 0.410 e. The Labute approximate surface area is 124 Å². The van der Waals surface area contributed by atoms with Crippen LogP contribution in [0.2, 0.25) is 5.15 Å². The number of nitrogens with zero attached hydrogens (tertiary/aromatic N) is 3. The van der Waals surface area contributed by atoms with E-state index in [1.54, 1.807) is 17.3 Å². The van der Waals surface area contributed by atoms with Crippen molar-refractivity contribution >= 4 is 17.7 Å². The predicted octanol–water partition coefficient (Wildman–Crippen LogP) is 2.93. The monoisotopic (exact) mass is 297 g/mol. The summed E-state index contributed by atoms with van der Waals surface area (Å²) in [6.45, 7) is 7.02. The lowest BCUT2D eigenvalue weighted by atomic mass is 10.0. The molecular weight excluding hydrogens is 278 g/mol. The second-order valence-corrected chi connectivity index (χ2v) is 6.44. The Morgan fingerprint density at radius 1 is 1.45 bits per heavy atom. The number of carbonyl (C=O) groups is 1. The maximum absolute atomic E-state index is 12.0. The van der Waals surface area contributed by atoms with Crippen molar-refractivity contribution in [2.75, 3.05) is 13.1 Å². The Morgan fingerprint density at radius 2 is 2.15 bits per heavy atom. The first-order valence-electron chi connectivity index (χ1n) is 6.78. The predicted molar refractivity (Wildman–Crippen MR) is 76.7 cm³/mol. The van der Waals surface area contributed by atoms with Gasteiger partial charge in [0, 0.05) is 25.5 Å². The van der Waals surface area contributed by atoms with Crippen LogP contribution in [0.25, 0.3) is 0 Å². The van der Waals surface area contributed by atoms with Gasteiger partial charge < -0.3 is 9.64 Å². The standard InChI is InChI=1S/C14H20ClN3O2/c1-14(2,3)20-13(19)18-7-4-10(9-18)8-11-12(15)17-6-5-16-11/h5-6,10H,4,7-9H2,1-3H3/t10-/m0/s1. The van der Waals surface area contributed by atoms with Crippen molar-refractivity contribution in [1.29, 1.82) is 0 Å². The fraction of sp³-hybridized carbons (Fsp3) is 0.643. The van der Waals surface area contributed by atoms with Crippen LogP contribution in [0.15, 0.2) is 12.4 Å². The van der Waals surface area contributed by atoms with Crippen molar-refractivity contribution < 1.29 is 9.53 Å². The zero-order valence-corrected chi connectivity index (χ0v) is 12.9. The fourth-order valence-electron chi connectivity index (χ4n) is 2.25. The van der Waals surface area contributed by atoms with Crippen LogP contribution in [0, 0.1) is 5.92 Å². The maximum atomic E-state index is 12.0. The lowest BCUT2D eigenvalue weighted by Crippen LogP contribution is -2.35. The molecule has 5 nitrogen and oxygen atoms in total. The van der Waals surface area contributed by atoms with E-state index in [1.807, 2.05) is 20.8 Å². The second kappa shape index (κ2) is 5.95. The second-order valence-electron chi connectivity index (χ2n) is 6.08. The molecule has 0 radical (unpaired) electrons. The van der Waals surface area contributed by atoms with E-state index in [0.717, 1.165) is 25.1 Å². The summed E-state index contributed by atoms with van der Waals surface area (Å²) in [4.78, 5) is 22.0. The van der Waals surface area contributed by atoms with E-state index in [1.165, 1.54) is 0 Å². The van der Waals surface area contributed by atoms with Crippen LogP contribution in [0.4, 0.5) is 4.79 Å². The van der Waals surface area contributed by atoms with Crippen LogP contribution in [0.1, 0.15) is 32.9 Å². The topological polar surface area (TPSA) is 55.3 Å². The highest BCUT2D eigenvalue weighted by molar-refractivity contribution is 6.29. The third-order valence-electron chi connectivity index (χ3n) is 3.14.